The summed E-state index contributed by atoms with van der Waals surface area (Å²) in [5.41, 5.74) is 6.04. The Bertz CT molecular complexity index is 711. The molecule has 0 saturated heterocycles. The molecule has 0 atom stereocenters. The van der Waals surface area contributed by atoms with Crippen molar-refractivity contribution in [1.29, 1.82) is 0 Å². The summed E-state index contributed by atoms with van der Waals surface area (Å²) in [4.78, 5) is 0.0150. The second-order valence-electron chi connectivity index (χ2n) is 3.78. The molecule has 0 aromatic carbocycles. The molecule has 0 aliphatic rings. The second kappa shape index (κ2) is 4.63. The number of thiocarbonyl (C=S) groups is 1. The molecule has 0 aliphatic carbocycles. The number of nitrogens with two attached hydrogens (primary N) is 1. The van der Waals surface area contributed by atoms with Crippen LogP contribution in [-0.4, -0.2) is 28.8 Å². The van der Waals surface area contributed by atoms with E-state index in [9.17, 15) is 8.42 Å². The highest BCUT2D eigenvalue weighted by molar-refractivity contribution is 7.92. The number of aryl methyl sites for hydroxylation is 2. The minimum absolute atomic E-state index is 0.0176. The summed E-state index contributed by atoms with van der Waals surface area (Å²) >= 11 is 4.80. The molecule has 0 amide bonds. The number of nitrogens with one attached hydrogen (secondary N) is 2. The summed E-state index contributed by atoms with van der Waals surface area (Å²) in [7, 11) is -3.85. The zero-order valence-electron chi connectivity index (χ0n) is 10.1. The van der Waals surface area contributed by atoms with Crippen LogP contribution in [0, 0.1) is 13.8 Å². The van der Waals surface area contributed by atoms with E-state index >= 15 is 0 Å². The van der Waals surface area contributed by atoms with Gasteiger partial charge in [-0.05, 0) is 13.8 Å². The van der Waals surface area contributed by atoms with Crippen molar-refractivity contribution in [2.45, 2.75) is 18.7 Å². The molecule has 0 aliphatic heterocycles. The van der Waals surface area contributed by atoms with Crippen molar-refractivity contribution in [2.75, 3.05) is 4.72 Å². The normalized spacial score (nSPS) is 11.5. The Balaban J connectivity index is 2.43. The third-order valence-corrected chi connectivity index (χ3v) is 4.19. The largest absolute Gasteiger partial charge is 0.389 e. The molecular formula is C9H11N5O3S2. The summed E-state index contributed by atoms with van der Waals surface area (Å²) in [6, 6.07) is 0. The minimum atomic E-state index is -3.85. The molecule has 102 valence electrons. The Hall–Kier alpha value is -1.94. The summed E-state index contributed by atoms with van der Waals surface area (Å²) in [5, 5.41) is 9.78. The van der Waals surface area contributed by atoms with Gasteiger partial charge in [-0.1, -0.05) is 17.4 Å². The Morgan fingerprint density at radius 2 is 2.21 bits per heavy atom. The van der Waals surface area contributed by atoms with Gasteiger partial charge in [-0.2, -0.15) is 5.10 Å². The zero-order chi connectivity index (χ0) is 14.2. The number of rotatable bonds is 4. The van der Waals surface area contributed by atoms with Crippen LogP contribution < -0.4 is 10.5 Å². The maximum Gasteiger partial charge on any atom is 0.268 e. The highest BCUT2D eigenvalue weighted by atomic mass is 32.2. The van der Waals surface area contributed by atoms with Gasteiger partial charge in [-0.25, -0.2) is 8.42 Å². The van der Waals surface area contributed by atoms with Gasteiger partial charge in [0.2, 0.25) is 0 Å². The van der Waals surface area contributed by atoms with Crippen LogP contribution in [0.5, 0.6) is 0 Å². The van der Waals surface area contributed by atoms with E-state index in [1.807, 2.05) is 0 Å². The lowest BCUT2D eigenvalue weighted by Crippen LogP contribution is -2.18. The highest BCUT2D eigenvalue weighted by Gasteiger charge is 2.25. The van der Waals surface area contributed by atoms with Crippen LogP contribution in [0.4, 0.5) is 5.82 Å². The van der Waals surface area contributed by atoms with Gasteiger partial charge < -0.3 is 10.3 Å². The van der Waals surface area contributed by atoms with E-state index in [2.05, 4.69) is 20.1 Å². The van der Waals surface area contributed by atoms with Crippen LogP contribution in [0.1, 0.15) is 17.0 Å². The van der Waals surface area contributed by atoms with E-state index in [-0.39, 0.29) is 27.2 Å². The monoisotopic (exact) mass is 301 g/mol. The molecule has 0 saturated carbocycles. The number of sulfonamides is 1. The number of anilines is 1. The van der Waals surface area contributed by atoms with Crippen molar-refractivity contribution in [3.8, 4) is 0 Å². The van der Waals surface area contributed by atoms with Crippen molar-refractivity contribution in [3.63, 3.8) is 0 Å². The van der Waals surface area contributed by atoms with Gasteiger partial charge in [0.1, 0.15) is 16.5 Å². The molecule has 0 radical (unpaired) electrons. The SMILES string of the molecule is Cc1noc(C)c1S(=O)(=O)Nc1[nH]ncc1C(N)=S. The molecule has 10 heteroatoms. The fourth-order valence-corrected chi connectivity index (χ4v) is 3.12. The predicted molar refractivity (Wildman–Crippen MR) is 71.3 cm³/mol. The van der Waals surface area contributed by atoms with Crippen molar-refractivity contribution in [2.24, 2.45) is 5.73 Å². The van der Waals surface area contributed by atoms with Crippen LogP contribution in [0.15, 0.2) is 15.6 Å². The topological polar surface area (TPSA) is 127 Å². The van der Waals surface area contributed by atoms with Crippen LogP contribution >= 0.6 is 12.2 Å². The van der Waals surface area contributed by atoms with Crippen molar-refractivity contribution in [1.82, 2.24) is 15.4 Å². The lowest BCUT2D eigenvalue weighted by molar-refractivity contribution is 0.390. The highest BCUT2D eigenvalue weighted by Crippen LogP contribution is 2.22. The second-order valence-corrected chi connectivity index (χ2v) is 5.84. The van der Waals surface area contributed by atoms with Crippen LogP contribution in [0.3, 0.4) is 0 Å². The quantitative estimate of drug-likeness (QED) is 0.699. The van der Waals surface area contributed by atoms with Crippen molar-refractivity contribution < 1.29 is 12.9 Å². The summed E-state index contributed by atoms with van der Waals surface area (Å²) in [5.74, 6) is 0.300. The fraction of sp³-hybridized carbons (Fsp3) is 0.222. The van der Waals surface area contributed by atoms with Gasteiger partial charge in [-0.15, -0.1) is 0 Å². The molecule has 0 unspecified atom stereocenters. The van der Waals surface area contributed by atoms with E-state index in [0.29, 0.717) is 5.56 Å². The van der Waals surface area contributed by atoms with E-state index in [1.54, 1.807) is 0 Å². The number of hydrogen-bond acceptors (Lipinski definition) is 6. The summed E-state index contributed by atoms with van der Waals surface area (Å²) < 4.78 is 31.6. The molecule has 2 rings (SSSR count). The first-order valence-electron chi connectivity index (χ1n) is 5.12. The molecule has 4 N–H and O–H groups in total. The molecule has 0 fully saturated rings. The van der Waals surface area contributed by atoms with Gasteiger partial charge in [0.25, 0.3) is 10.0 Å². The minimum Gasteiger partial charge on any atom is -0.389 e. The molecule has 0 bridgehead atoms. The molecule has 19 heavy (non-hydrogen) atoms. The Labute approximate surface area is 114 Å². The zero-order valence-corrected chi connectivity index (χ0v) is 11.7. The Morgan fingerprint density at radius 1 is 1.53 bits per heavy atom. The molecule has 2 aromatic heterocycles. The number of aromatic nitrogens is 3. The first-order chi connectivity index (χ1) is 8.83. The first-order valence-corrected chi connectivity index (χ1v) is 7.01. The summed E-state index contributed by atoms with van der Waals surface area (Å²) in [6.07, 6.45) is 1.34. The Kier molecular flexibility index (Phi) is 3.28. The van der Waals surface area contributed by atoms with Crippen LogP contribution in [0.2, 0.25) is 0 Å². The maximum atomic E-state index is 12.2. The number of hydrogen-bond donors (Lipinski definition) is 3. The van der Waals surface area contributed by atoms with Gasteiger partial charge in [0.15, 0.2) is 10.7 Å². The van der Waals surface area contributed by atoms with E-state index in [4.69, 9.17) is 22.5 Å². The van der Waals surface area contributed by atoms with Crippen molar-refractivity contribution in [3.05, 3.63) is 23.2 Å². The van der Waals surface area contributed by atoms with E-state index in [1.165, 1.54) is 20.0 Å². The number of H-pyrrole nitrogens is 1. The molecule has 2 aromatic rings. The van der Waals surface area contributed by atoms with E-state index in [0.717, 1.165) is 0 Å². The lowest BCUT2D eigenvalue weighted by atomic mass is 10.3. The molecular weight excluding hydrogens is 290 g/mol. The lowest BCUT2D eigenvalue weighted by Gasteiger charge is -2.06. The molecule has 8 nitrogen and oxygen atoms in total. The predicted octanol–water partition coefficient (Wildman–Crippen LogP) is 0.450. The number of nitrogens with zero attached hydrogens (tertiary/aromatic N) is 2. The van der Waals surface area contributed by atoms with Crippen molar-refractivity contribution >= 4 is 33.0 Å². The van der Waals surface area contributed by atoms with Gasteiger partial charge in [0, 0.05) is 0 Å². The smallest absolute Gasteiger partial charge is 0.268 e. The van der Waals surface area contributed by atoms with Crippen LogP contribution in [-0.2, 0) is 10.0 Å². The third-order valence-electron chi connectivity index (χ3n) is 2.38. The van der Waals surface area contributed by atoms with Gasteiger partial charge >= 0.3 is 0 Å². The van der Waals surface area contributed by atoms with Crippen LogP contribution in [0.25, 0.3) is 0 Å². The third kappa shape index (κ3) is 2.44. The Morgan fingerprint density at radius 3 is 2.74 bits per heavy atom. The average molecular weight is 301 g/mol. The number of aromatic amines is 1. The fourth-order valence-electron chi connectivity index (χ4n) is 1.59. The molecule has 0 spiro atoms. The van der Waals surface area contributed by atoms with Gasteiger partial charge in [-0.3, -0.25) is 9.82 Å². The van der Waals surface area contributed by atoms with Gasteiger partial charge in [0.05, 0.1) is 11.8 Å². The molecule has 2 heterocycles. The maximum absolute atomic E-state index is 12.2. The average Bonchev–Trinajstić information content (AvgIpc) is 2.85. The van der Waals surface area contributed by atoms with E-state index < -0.39 is 10.0 Å². The standard InChI is InChI=1S/C9H11N5O3S2/c1-4-7(5(2)17-13-4)19(15,16)14-9-6(8(10)18)3-11-12-9/h3H,1-2H3,(H2,10,18)(H2,11,12,14). The summed E-state index contributed by atoms with van der Waals surface area (Å²) in [6.45, 7) is 3.04. The first kappa shape index (κ1) is 13.5.